The number of nitrogens with one attached hydrogen (secondary N) is 1. The van der Waals surface area contributed by atoms with E-state index in [9.17, 15) is 9.18 Å². The average molecular weight is 415 g/mol. The number of hydrogen-bond donors (Lipinski definition) is 1. The van der Waals surface area contributed by atoms with Crippen molar-refractivity contribution < 1.29 is 9.18 Å². The molecule has 0 saturated heterocycles. The van der Waals surface area contributed by atoms with Gasteiger partial charge in [-0.3, -0.25) is 14.8 Å². The number of aryl methyl sites for hydroxylation is 2. The quantitative estimate of drug-likeness (QED) is 0.463. The van der Waals surface area contributed by atoms with Gasteiger partial charge in [-0.15, -0.1) is 11.3 Å². The molecule has 148 valence electrons. The second kappa shape index (κ2) is 7.80. The van der Waals surface area contributed by atoms with Crippen molar-refractivity contribution in [3.63, 3.8) is 0 Å². The smallest absolute Gasteiger partial charge is 0.265 e. The van der Waals surface area contributed by atoms with Crippen LogP contribution in [0.25, 0.3) is 21.6 Å². The molecule has 1 aliphatic carbocycles. The molecule has 1 N–H and O–H groups in total. The zero-order valence-electron chi connectivity index (χ0n) is 16.1. The third-order valence-electron chi connectivity index (χ3n) is 5.30. The highest BCUT2D eigenvalue weighted by atomic mass is 32.1. The summed E-state index contributed by atoms with van der Waals surface area (Å²) in [5, 5.41) is 2.66. The van der Waals surface area contributed by atoms with Crippen molar-refractivity contribution in [2.24, 2.45) is 0 Å². The molecule has 0 atom stereocenters. The summed E-state index contributed by atoms with van der Waals surface area (Å²) >= 11 is 1.46. The number of anilines is 1. The second-order valence-electron chi connectivity index (χ2n) is 7.24. The van der Waals surface area contributed by atoms with Crippen molar-refractivity contribution in [2.45, 2.75) is 19.3 Å². The highest BCUT2D eigenvalue weighted by Crippen LogP contribution is 2.40. The summed E-state index contributed by atoms with van der Waals surface area (Å²) in [4.78, 5) is 22.4. The predicted octanol–water partition coefficient (Wildman–Crippen LogP) is 5.75. The molecule has 0 unspecified atom stereocenters. The van der Waals surface area contributed by atoms with Gasteiger partial charge in [-0.25, -0.2) is 4.39 Å². The molecule has 0 aliphatic heterocycles. The van der Waals surface area contributed by atoms with Crippen LogP contribution >= 0.6 is 11.3 Å². The lowest BCUT2D eigenvalue weighted by Crippen LogP contribution is -2.11. The highest BCUT2D eigenvalue weighted by molar-refractivity contribution is 7.17. The molecule has 3 aromatic heterocycles. The normalized spacial score (nSPS) is 12.6. The first-order valence-corrected chi connectivity index (χ1v) is 10.6. The molecule has 0 spiro atoms. The Balaban J connectivity index is 1.52. The van der Waals surface area contributed by atoms with E-state index < -0.39 is 5.82 Å². The van der Waals surface area contributed by atoms with E-state index in [0.29, 0.717) is 4.88 Å². The number of aromatic nitrogens is 2. The van der Waals surface area contributed by atoms with Crippen LogP contribution in [0.15, 0.2) is 67.3 Å². The highest BCUT2D eigenvalue weighted by Gasteiger charge is 2.21. The fourth-order valence-electron chi connectivity index (χ4n) is 3.80. The molecule has 3 heterocycles. The van der Waals surface area contributed by atoms with E-state index in [1.54, 1.807) is 6.20 Å². The maximum Gasteiger partial charge on any atom is 0.265 e. The summed E-state index contributed by atoms with van der Waals surface area (Å²) in [6, 6.07) is 13.9. The Hall–Kier alpha value is -3.38. The summed E-state index contributed by atoms with van der Waals surface area (Å²) in [7, 11) is 0. The molecule has 30 heavy (non-hydrogen) atoms. The zero-order valence-corrected chi connectivity index (χ0v) is 16.9. The minimum absolute atomic E-state index is 0.137. The van der Waals surface area contributed by atoms with Crippen molar-refractivity contribution in [2.75, 3.05) is 5.32 Å². The van der Waals surface area contributed by atoms with Crippen molar-refractivity contribution in [1.82, 2.24) is 9.97 Å². The third kappa shape index (κ3) is 3.50. The Labute approximate surface area is 177 Å². The first-order chi connectivity index (χ1) is 14.7. The van der Waals surface area contributed by atoms with E-state index >= 15 is 0 Å². The van der Waals surface area contributed by atoms with E-state index in [4.69, 9.17) is 0 Å². The minimum atomic E-state index is -0.546. The van der Waals surface area contributed by atoms with E-state index in [1.165, 1.54) is 40.3 Å². The SMILES string of the molecule is O=C(Nc1ccncc1F)c1cc2c(s1)-c1cc(-c3cccnc3)ccc1CCC2. The number of thiophene rings is 1. The van der Waals surface area contributed by atoms with Crippen LogP contribution < -0.4 is 5.32 Å². The van der Waals surface area contributed by atoms with Gasteiger partial charge in [0.2, 0.25) is 0 Å². The molecule has 6 heteroatoms. The Morgan fingerprint density at radius 3 is 2.67 bits per heavy atom. The van der Waals surface area contributed by atoms with Crippen LogP contribution in [0.4, 0.5) is 10.1 Å². The standard InChI is InChI=1S/C24H18FN3OS/c25-20-14-27-10-8-21(20)28-24(29)22-12-17-4-1-3-15-6-7-16(11-19(15)23(17)30-22)18-5-2-9-26-13-18/h2,5-14H,1,3-4H2,(H,27,28,29). The van der Waals surface area contributed by atoms with Crippen LogP contribution in [0.1, 0.15) is 27.2 Å². The van der Waals surface area contributed by atoms with Gasteiger partial charge in [0.25, 0.3) is 5.91 Å². The average Bonchev–Trinajstić information content (AvgIpc) is 3.13. The molecule has 0 saturated carbocycles. The molecule has 0 bridgehead atoms. The van der Waals surface area contributed by atoms with Crippen LogP contribution in [-0.4, -0.2) is 15.9 Å². The predicted molar refractivity (Wildman–Crippen MR) is 117 cm³/mol. The number of hydrogen-bond acceptors (Lipinski definition) is 4. The Morgan fingerprint density at radius 2 is 1.83 bits per heavy atom. The Kier molecular flexibility index (Phi) is 4.85. The van der Waals surface area contributed by atoms with E-state index in [2.05, 4.69) is 33.5 Å². The molecule has 0 fully saturated rings. The van der Waals surface area contributed by atoms with Crippen molar-refractivity contribution in [1.29, 1.82) is 0 Å². The first-order valence-electron chi connectivity index (χ1n) is 9.76. The molecule has 0 radical (unpaired) electrons. The van der Waals surface area contributed by atoms with Gasteiger partial charge in [0.1, 0.15) is 0 Å². The molecule has 1 aliphatic rings. The summed E-state index contributed by atoms with van der Waals surface area (Å²) < 4.78 is 13.9. The lowest BCUT2D eigenvalue weighted by Gasteiger charge is -2.09. The number of benzene rings is 1. The van der Waals surface area contributed by atoms with Crippen molar-refractivity contribution >= 4 is 22.9 Å². The number of carbonyl (C=O) groups is 1. The van der Waals surface area contributed by atoms with E-state index in [1.807, 2.05) is 24.4 Å². The van der Waals surface area contributed by atoms with Crippen molar-refractivity contribution in [3.05, 3.63) is 89.1 Å². The van der Waals surface area contributed by atoms with Gasteiger partial charge in [0.15, 0.2) is 5.82 Å². The molecule has 1 amide bonds. The molecule has 5 rings (SSSR count). The summed E-state index contributed by atoms with van der Waals surface area (Å²) in [5.74, 6) is -0.849. The van der Waals surface area contributed by atoms with E-state index in [-0.39, 0.29) is 11.6 Å². The topological polar surface area (TPSA) is 54.9 Å². The van der Waals surface area contributed by atoms with Crippen LogP contribution in [0.3, 0.4) is 0 Å². The first kappa shape index (κ1) is 18.6. The van der Waals surface area contributed by atoms with Gasteiger partial charge in [-0.2, -0.15) is 0 Å². The number of carbonyl (C=O) groups excluding carboxylic acids is 1. The van der Waals surface area contributed by atoms with Gasteiger partial charge in [0, 0.05) is 29.0 Å². The summed E-state index contributed by atoms with van der Waals surface area (Å²) in [5.41, 5.74) is 5.93. The van der Waals surface area contributed by atoms with Gasteiger partial charge >= 0.3 is 0 Å². The number of nitrogens with zero attached hydrogens (tertiary/aromatic N) is 2. The van der Waals surface area contributed by atoms with Crippen LogP contribution in [0, 0.1) is 5.82 Å². The molecule has 1 aromatic carbocycles. The molecular formula is C24H18FN3OS. The zero-order chi connectivity index (χ0) is 20.5. The van der Waals surface area contributed by atoms with Gasteiger partial charge in [0.05, 0.1) is 16.8 Å². The molecule has 4 nitrogen and oxygen atoms in total. The summed E-state index contributed by atoms with van der Waals surface area (Å²) in [6.45, 7) is 0. The monoisotopic (exact) mass is 415 g/mol. The fraction of sp³-hybridized carbons (Fsp3) is 0.125. The van der Waals surface area contributed by atoms with Gasteiger partial charge < -0.3 is 5.32 Å². The fourth-order valence-corrected chi connectivity index (χ4v) is 4.96. The summed E-state index contributed by atoms with van der Waals surface area (Å²) in [6.07, 6.45) is 9.13. The third-order valence-corrected chi connectivity index (χ3v) is 6.50. The number of fused-ring (bicyclic) bond motifs is 3. The molecular weight excluding hydrogens is 397 g/mol. The minimum Gasteiger partial charge on any atom is -0.319 e. The van der Waals surface area contributed by atoms with Crippen LogP contribution in [0.2, 0.25) is 0 Å². The maximum absolute atomic E-state index is 13.9. The van der Waals surface area contributed by atoms with Gasteiger partial charge in [-0.1, -0.05) is 18.2 Å². The largest absolute Gasteiger partial charge is 0.319 e. The maximum atomic E-state index is 13.9. The van der Waals surface area contributed by atoms with Crippen LogP contribution in [-0.2, 0) is 12.8 Å². The number of halogens is 1. The number of amides is 1. The number of pyridine rings is 2. The lowest BCUT2D eigenvalue weighted by molar-refractivity contribution is 0.103. The van der Waals surface area contributed by atoms with E-state index in [0.717, 1.165) is 41.5 Å². The Morgan fingerprint density at radius 1 is 0.967 bits per heavy atom. The number of rotatable bonds is 3. The lowest BCUT2D eigenvalue weighted by atomic mass is 9.98. The van der Waals surface area contributed by atoms with Crippen molar-refractivity contribution in [3.8, 4) is 21.6 Å². The second-order valence-corrected chi connectivity index (χ2v) is 8.29. The Bertz CT molecular complexity index is 1240. The van der Waals surface area contributed by atoms with Gasteiger partial charge in [-0.05, 0) is 65.8 Å². The molecule has 4 aromatic rings. The van der Waals surface area contributed by atoms with Crippen LogP contribution in [0.5, 0.6) is 0 Å².